The number of benzene rings is 2. The summed E-state index contributed by atoms with van der Waals surface area (Å²) in [4.78, 5) is 17.1. The van der Waals surface area contributed by atoms with Gasteiger partial charge in [-0.05, 0) is 60.1 Å². The van der Waals surface area contributed by atoms with Crippen molar-refractivity contribution in [1.29, 1.82) is 0 Å². The first-order valence-corrected chi connectivity index (χ1v) is 10.8. The van der Waals surface area contributed by atoms with Gasteiger partial charge >= 0.3 is 0 Å². The van der Waals surface area contributed by atoms with Crippen LogP contribution in [0.15, 0.2) is 54.7 Å². The largest absolute Gasteiger partial charge is 0.396 e. The number of hydrogen-bond donors (Lipinski definition) is 4. The van der Waals surface area contributed by atoms with E-state index in [4.69, 9.17) is 5.21 Å². The summed E-state index contributed by atoms with van der Waals surface area (Å²) in [5.41, 5.74) is 7.69. The summed E-state index contributed by atoms with van der Waals surface area (Å²) in [6.45, 7) is 1.99. The van der Waals surface area contributed by atoms with E-state index in [1.807, 2.05) is 12.1 Å². The molecule has 2 aromatic carbocycles. The fraction of sp³-hybridized carbons (Fsp3) is 0.320. The Labute approximate surface area is 182 Å². The van der Waals surface area contributed by atoms with Crippen LogP contribution in [-0.2, 0) is 17.6 Å². The van der Waals surface area contributed by atoms with Gasteiger partial charge in [0.2, 0.25) is 0 Å². The number of para-hydroxylation sites is 1. The van der Waals surface area contributed by atoms with Crippen LogP contribution in [0.2, 0.25) is 0 Å². The number of carbonyl (C=O) groups excluding carboxylic acids is 1. The second kappa shape index (κ2) is 9.92. The summed E-state index contributed by atoms with van der Waals surface area (Å²) in [5.74, 6) is -0.536. The van der Waals surface area contributed by atoms with Crippen molar-refractivity contribution in [3.8, 4) is 0 Å². The number of aryl methyl sites for hydroxylation is 1. The molecule has 0 bridgehead atoms. The average Bonchev–Trinajstić information content (AvgIpc) is 3.41. The molecule has 6 heteroatoms. The van der Waals surface area contributed by atoms with E-state index in [2.05, 4.69) is 46.4 Å². The zero-order valence-corrected chi connectivity index (χ0v) is 17.6. The molecule has 4 rings (SSSR count). The molecular formula is C25H29N3O3. The molecule has 0 radical (unpaired) electrons. The van der Waals surface area contributed by atoms with Crippen molar-refractivity contribution in [2.45, 2.75) is 31.7 Å². The highest BCUT2D eigenvalue weighted by Crippen LogP contribution is 2.37. The van der Waals surface area contributed by atoms with Crippen LogP contribution in [0.1, 0.15) is 41.1 Å². The van der Waals surface area contributed by atoms with E-state index < -0.39 is 5.91 Å². The van der Waals surface area contributed by atoms with Gasteiger partial charge in [-0.3, -0.25) is 14.9 Å². The summed E-state index contributed by atoms with van der Waals surface area (Å²) in [7, 11) is 0. The number of hydroxylamine groups is 1. The van der Waals surface area contributed by atoms with Gasteiger partial charge in [0, 0.05) is 48.9 Å². The molecule has 3 aromatic rings. The van der Waals surface area contributed by atoms with Gasteiger partial charge < -0.3 is 10.1 Å². The molecule has 31 heavy (non-hydrogen) atoms. The maximum atomic E-state index is 11.2. The number of aliphatic hydroxyl groups excluding tert-OH is 1. The van der Waals surface area contributed by atoms with E-state index in [9.17, 15) is 9.90 Å². The lowest BCUT2D eigenvalue weighted by Crippen LogP contribution is -2.31. The molecule has 0 saturated carbocycles. The summed E-state index contributed by atoms with van der Waals surface area (Å²) in [6, 6.07) is 15.0. The number of nitrogens with one attached hydrogen (secondary N) is 2. The Hall–Kier alpha value is -2.93. The molecule has 4 N–H and O–H groups in total. The third-order valence-electron chi connectivity index (χ3n) is 6.14. The number of amides is 1. The smallest absolute Gasteiger partial charge is 0.267 e. The summed E-state index contributed by atoms with van der Waals surface area (Å²) in [6.07, 6.45) is 8.91. The molecule has 1 atom stereocenters. The maximum absolute atomic E-state index is 11.2. The first-order valence-electron chi connectivity index (χ1n) is 10.8. The molecule has 0 saturated heterocycles. The molecule has 0 fully saturated rings. The Morgan fingerprint density at radius 3 is 2.94 bits per heavy atom. The number of fused-ring (bicyclic) bond motifs is 2. The first-order chi connectivity index (χ1) is 15.2. The molecule has 1 aliphatic rings. The van der Waals surface area contributed by atoms with Crippen molar-refractivity contribution in [3.05, 3.63) is 77.0 Å². The zero-order chi connectivity index (χ0) is 21.6. The van der Waals surface area contributed by atoms with Crippen molar-refractivity contribution in [2.24, 2.45) is 0 Å². The van der Waals surface area contributed by atoms with Crippen LogP contribution >= 0.6 is 0 Å². The Kier molecular flexibility index (Phi) is 6.82. The molecule has 6 nitrogen and oxygen atoms in total. The first kappa shape index (κ1) is 21.3. The third-order valence-corrected chi connectivity index (χ3v) is 6.14. The molecule has 1 aliphatic carbocycles. The topological polar surface area (TPSA) is 88.6 Å². The Balaban J connectivity index is 1.50. The fourth-order valence-corrected chi connectivity index (χ4v) is 4.61. The van der Waals surface area contributed by atoms with Crippen LogP contribution in [0.5, 0.6) is 0 Å². The number of carbonyl (C=O) groups is 1. The van der Waals surface area contributed by atoms with Crippen LogP contribution in [0.3, 0.4) is 0 Å². The Morgan fingerprint density at radius 1 is 1.23 bits per heavy atom. The molecular weight excluding hydrogens is 390 g/mol. The minimum absolute atomic E-state index is 0.194. The highest BCUT2D eigenvalue weighted by atomic mass is 16.5. The zero-order valence-electron chi connectivity index (χ0n) is 17.6. The van der Waals surface area contributed by atoms with E-state index in [1.54, 1.807) is 11.6 Å². The van der Waals surface area contributed by atoms with Gasteiger partial charge in [0.1, 0.15) is 0 Å². The number of aromatic amines is 1. The Morgan fingerprint density at radius 2 is 2.10 bits per heavy atom. The number of nitrogens with zero attached hydrogens (tertiary/aromatic N) is 1. The van der Waals surface area contributed by atoms with Gasteiger partial charge in [0.25, 0.3) is 5.91 Å². The van der Waals surface area contributed by atoms with Crippen LogP contribution < -0.4 is 5.48 Å². The lowest BCUT2D eigenvalue weighted by Gasteiger charge is -2.29. The van der Waals surface area contributed by atoms with E-state index in [-0.39, 0.29) is 6.61 Å². The Bertz CT molecular complexity index is 1070. The second-order valence-electron chi connectivity index (χ2n) is 8.04. The average molecular weight is 420 g/mol. The summed E-state index contributed by atoms with van der Waals surface area (Å²) >= 11 is 0. The van der Waals surface area contributed by atoms with E-state index in [1.165, 1.54) is 33.7 Å². The molecule has 0 aliphatic heterocycles. The quantitative estimate of drug-likeness (QED) is 0.242. The predicted molar refractivity (Wildman–Crippen MR) is 122 cm³/mol. The number of aliphatic hydroxyl groups is 1. The monoisotopic (exact) mass is 419 g/mol. The van der Waals surface area contributed by atoms with Crippen LogP contribution in [0.4, 0.5) is 0 Å². The van der Waals surface area contributed by atoms with E-state index in [0.717, 1.165) is 44.3 Å². The van der Waals surface area contributed by atoms with Crippen LogP contribution in [-0.4, -0.2) is 45.8 Å². The van der Waals surface area contributed by atoms with Gasteiger partial charge in [-0.2, -0.15) is 0 Å². The minimum Gasteiger partial charge on any atom is -0.396 e. The van der Waals surface area contributed by atoms with Crippen LogP contribution in [0.25, 0.3) is 17.0 Å². The van der Waals surface area contributed by atoms with Crippen LogP contribution in [0, 0.1) is 0 Å². The van der Waals surface area contributed by atoms with Crippen molar-refractivity contribution < 1.29 is 15.1 Å². The van der Waals surface area contributed by atoms with Crippen molar-refractivity contribution in [3.63, 3.8) is 0 Å². The fourth-order valence-electron chi connectivity index (χ4n) is 4.61. The molecule has 162 valence electrons. The highest BCUT2D eigenvalue weighted by Gasteiger charge is 2.27. The van der Waals surface area contributed by atoms with Gasteiger partial charge in [-0.15, -0.1) is 0 Å². The number of aromatic nitrogens is 1. The molecule has 1 amide bonds. The van der Waals surface area contributed by atoms with E-state index in [0.29, 0.717) is 6.04 Å². The van der Waals surface area contributed by atoms with Gasteiger partial charge in [-0.1, -0.05) is 36.4 Å². The number of rotatable bonds is 9. The predicted octanol–water partition coefficient (Wildman–Crippen LogP) is 3.60. The molecule has 0 unspecified atom stereocenters. The molecule has 1 aromatic heterocycles. The second-order valence-corrected chi connectivity index (χ2v) is 8.04. The molecule has 0 spiro atoms. The highest BCUT2D eigenvalue weighted by molar-refractivity contribution is 5.90. The number of hydrogen-bond acceptors (Lipinski definition) is 4. The summed E-state index contributed by atoms with van der Waals surface area (Å²) in [5, 5.41) is 19.3. The minimum atomic E-state index is -0.536. The van der Waals surface area contributed by atoms with E-state index >= 15 is 0 Å². The normalized spacial score (nSPS) is 15.8. The van der Waals surface area contributed by atoms with Crippen molar-refractivity contribution in [1.82, 2.24) is 15.4 Å². The SMILES string of the molecule is O=C(C=Cc1ccc2c(c1)CC[C@H]2N(CCCO)CCc1c[nH]c2ccccc12)NO. The maximum Gasteiger partial charge on any atom is 0.267 e. The number of H-pyrrole nitrogens is 1. The van der Waals surface area contributed by atoms with Crippen molar-refractivity contribution >= 4 is 22.9 Å². The molecule has 1 heterocycles. The standard InChI is InChI=1S/C25H29N3O3/c29-15-3-13-28(14-12-20-17-26-23-5-2-1-4-21(20)23)24-10-8-19-16-18(6-9-22(19)24)7-11-25(30)27-31/h1-2,4-7,9,11,16-17,24,26,29,31H,3,8,10,12-15H2,(H,27,30)/t24-/m1/s1. The van der Waals surface area contributed by atoms with Gasteiger partial charge in [0.15, 0.2) is 0 Å². The van der Waals surface area contributed by atoms with Crippen molar-refractivity contribution in [2.75, 3.05) is 19.7 Å². The summed E-state index contributed by atoms with van der Waals surface area (Å²) < 4.78 is 0. The van der Waals surface area contributed by atoms with Gasteiger partial charge in [-0.25, -0.2) is 5.48 Å². The lowest BCUT2D eigenvalue weighted by molar-refractivity contribution is -0.124. The lowest BCUT2D eigenvalue weighted by atomic mass is 10.0. The third kappa shape index (κ3) is 4.88. The van der Waals surface area contributed by atoms with Gasteiger partial charge in [0.05, 0.1) is 0 Å².